The van der Waals surface area contributed by atoms with E-state index < -0.39 is 0 Å². The SMILES string of the molecule is c1ccc(-c2cc(-n3c4ccccc4c4c3ccc3c5ccccc5n(-c5ccccc5)c34)nc(-c3ccc4c(c3)oc3ccccc34)n2)cc1.c1ccc(-c2cc(-n3c4ccccc4c4cc5oc6ccccc6c5cc43)nc(-c3ccc4oc5ccccc5c4c3)n2)cc1.c1ccc(-c2ccc(-c3cc(-n4c5ccccc5c5cc6oc7ccccc7c6cc54)nc(-c4cccc5oc6ccccc6c45)n3)cc2)cc1. The second kappa shape index (κ2) is 33.3. The van der Waals surface area contributed by atoms with E-state index in [4.69, 9.17) is 52.0 Å². The Kier molecular flexibility index (Phi) is 18.7. The number of aromatic nitrogens is 10. The van der Waals surface area contributed by atoms with Gasteiger partial charge in [-0.25, -0.2) is 29.9 Å². The molecule has 0 aliphatic carbocycles. The van der Waals surface area contributed by atoms with Gasteiger partial charge in [0.25, 0.3) is 0 Å². The van der Waals surface area contributed by atoms with E-state index in [1.54, 1.807) is 0 Å². The summed E-state index contributed by atoms with van der Waals surface area (Å²) in [4.78, 5) is 31.6. The summed E-state index contributed by atoms with van der Waals surface area (Å²) in [5, 5.41) is 20.0. The molecule has 20 aromatic carbocycles. The Labute approximate surface area is 836 Å². The van der Waals surface area contributed by atoms with Crippen LogP contribution < -0.4 is 0 Å². The van der Waals surface area contributed by atoms with Crippen LogP contribution in [0.5, 0.6) is 0 Å². The van der Waals surface area contributed by atoms with Crippen molar-refractivity contribution in [3.63, 3.8) is 0 Å². The van der Waals surface area contributed by atoms with Gasteiger partial charge in [0.2, 0.25) is 0 Å². The summed E-state index contributed by atoms with van der Waals surface area (Å²) >= 11 is 0. The van der Waals surface area contributed by atoms with Crippen LogP contribution >= 0.6 is 0 Å². The molecule has 32 aromatic rings. The highest BCUT2D eigenvalue weighted by molar-refractivity contribution is 6.27. The Morgan fingerprint density at radius 3 is 1.01 bits per heavy atom. The Balaban J connectivity index is 0.000000102. The number of hydrogen-bond acceptors (Lipinski definition) is 11. The molecule has 0 amide bonds. The first-order valence-electron chi connectivity index (χ1n) is 49.2. The van der Waals surface area contributed by atoms with E-state index >= 15 is 0 Å². The lowest BCUT2D eigenvalue weighted by Crippen LogP contribution is -2.02. The third-order valence-corrected chi connectivity index (χ3v) is 29.0. The van der Waals surface area contributed by atoms with Crippen LogP contribution in [0, 0.1) is 0 Å². The van der Waals surface area contributed by atoms with E-state index in [0.717, 1.165) is 244 Å². The van der Waals surface area contributed by atoms with Gasteiger partial charge in [0.05, 0.1) is 61.2 Å². The minimum Gasteiger partial charge on any atom is -0.456 e. The van der Waals surface area contributed by atoms with E-state index in [9.17, 15) is 0 Å². The molecular weight excluding hydrogens is 1810 g/mol. The van der Waals surface area contributed by atoms with Gasteiger partial charge in [0, 0.05) is 154 Å². The molecule has 0 radical (unpaired) electrons. The second-order valence-corrected chi connectivity index (χ2v) is 37.4. The Morgan fingerprint density at radius 1 is 0.150 bits per heavy atom. The number of benzene rings is 20. The summed E-state index contributed by atoms with van der Waals surface area (Å²) in [6.45, 7) is 0. The first-order valence-corrected chi connectivity index (χ1v) is 49.2. The summed E-state index contributed by atoms with van der Waals surface area (Å²) in [5.41, 5.74) is 29.1. The van der Waals surface area contributed by atoms with Crippen molar-refractivity contribution in [3.8, 4) is 102 Å². The van der Waals surface area contributed by atoms with Gasteiger partial charge in [0.15, 0.2) is 17.5 Å². The molecular formula is C132H78N10O5. The van der Waals surface area contributed by atoms with Crippen molar-refractivity contribution in [2.75, 3.05) is 0 Å². The van der Waals surface area contributed by atoms with E-state index in [2.05, 4.69) is 358 Å². The van der Waals surface area contributed by atoms with Crippen molar-refractivity contribution in [3.05, 3.63) is 473 Å². The minimum atomic E-state index is 0.632. The Morgan fingerprint density at radius 2 is 0.476 bits per heavy atom. The topological polar surface area (TPSA) is 163 Å². The number of rotatable bonds is 11. The molecule has 12 heterocycles. The van der Waals surface area contributed by atoms with Crippen molar-refractivity contribution >= 4 is 197 Å². The monoisotopic (exact) mass is 1880 g/mol. The molecule has 0 fully saturated rings. The van der Waals surface area contributed by atoms with Crippen LogP contribution in [-0.2, 0) is 0 Å². The summed E-state index contributed by atoms with van der Waals surface area (Å²) in [6.07, 6.45) is 0. The molecule has 147 heavy (non-hydrogen) atoms. The smallest absolute Gasteiger partial charge is 0.162 e. The summed E-state index contributed by atoms with van der Waals surface area (Å²) in [5.74, 6) is 4.31. The third kappa shape index (κ3) is 13.5. The summed E-state index contributed by atoms with van der Waals surface area (Å²) in [6, 6.07) is 164. The third-order valence-electron chi connectivity index (χ3n) is 29.0. The van der Waals surface area contributed by atoms with Gasteiger partial charge in [-0.2, -0.15) is 0 Å². The molecule has 0 saturated carbocycles. The van der Waals surface area contributed by atoms with Crippen molar-refractivity contribution in [2.24, 2.45) is 0 Å². The lowest BCUT2D eigenvalue weighted by Gasteiger charge is -2.13. The number of nitrogens with zero attached hydrogens (tertiary/aromatic N) is 10. The molecule has 15 nitrogen and oxygen atoms in total. The molecule has 15 heteroatoms. The number of fused-ring (bicyclic) bond motifs is 28. The Hall–Kier alpha value is -20.2. The molecule has 32 rings (SSSR count). The van der Waals surface area contributed by atoms with Crippen LogP contribution in [0.4, 0.5) is 0 Å². The number of hydrogen-bond donors (Lipinski definition) is 0. The molecule has 0 aliphatic rings. The maximum absolute atomic E-state index is 6.34. The number of para-hydroxylation sites is 10. The summed E-state index contributed by atoms with van der Waals surface area (Å²) in [7, 11) is 0. The highest BCUT2D eigenvalue weighted by atomic mass is 16.3. The van der Waals surface area contributed by atoms with Crippen LogP contribution in [0.1, 0.15) is 0 Å². The maximum atomic E-state index is 6.34. The van der Waals surface area contributed by atoms with Crippen molar-refractivity contribution in [2.45, 2.75) is 0 Å². The molecule has 0 atom stereocenters. The largest absolute Gasteiger partial charge is 0.456 e. The highest BCUT2D eigenvalue weighted by Gasteiger charge is 2.28. The fraction of sp³-hybridized carbons (Fsp3) is 0. The molecule has 0 unspecified atom stereocenters. The quantitative estimate of drug-likeness (QED) is 0.121. The van der Waals surface area contributed by atoms with Gasteiger partial charge in [-0.3, -0.25) is 13.7 Å². The minimum absolute atomic E-state index is 0.632. The first kappa shape index (κ1) is 82.7. The zero-order chi connectivity index (χ0) is 96.4. The van der Waals surface area contributed by atoms with Gasteiger partial charge in [0.1, 0.15) is 73.3 Å². The van der Waals surface area contributed by atoms with Crippen LogP contribution in [-0.4, -0.2) is 48.2 Å². The van der Waals surface area contributed by atoms with Crippen LogP contribution in [0.3, 0.4) is 0 Å². The molecule has 12 aromatic heterocycles. The van der Waals surface area contributed by atoms with Crippen molar-refractivity contribution in [1.29, 1.82) is 0 Å². The zero-order valence-corrected chi connectivity index (χ0v) is 78.5. The molecule has 0 bridgehead atoms. The van der Waals surface area contributed by atoms with Crippen LogP contribution in [0.2, 0.25) is 0 Å². The molecule has 686 valence electrons. The van der Waals surface area contributed by atoms with E-state index in [1.807, 2.05) is 133 Å². The van der Waals surface area contributed by atoms with E-state index in [-0.39, 0.29) is 0 Å². The first-order chi connectivity index (χ1) is 72.8. The van der Waals surface area contributed by atoms with Crippen LogP contribution in [0.15, 0.2) is 495 Å². The fourth-order valence-corrected chi connectivity index (χ4v) is 22.3. The van der Waals surface area contributed by atoms with Crippen molar-refractivity contribution < 1.29 is 22.1 Å². The van der Waals surface area contributed by atoms with Crippen LogP contribution in [0.25, 0.3) is 299 Å². The zero-order valence-electron chi connectivity index (χ0n) is 78.5. The predicted octanol–water partition coefficient (Wildman–Crippen LogP) is 35.0. The lowest BCUT2D eigenvalue weighted by molar-refractivity contribution is 0.668. The number of furan rings is 5. The molecule has 0 spiro atoms. The lowest BCUT2D eigenvalue weighted by atomic mass is 10.0. The standard InChI is InChI=1S/C46H28N4O.C46H27N3O2.C40H23N3O2/c1-3-13-29(14-4-1)37-28-43(48-46(47-37)30-23-24-34-33-18-9-12-22-41(33)51-42(34)27-30)50-39-21-11-8-19-36(39)44-40(50)26-25-35-32-17-7-10-20-38(32)49(45(35)44)31-15-5-2-6-16-31;1-2-11-28(12-3-1)29-21-23-30(24-22-29)37-27-44(48-46(47-37)34-16-10-20-42-45(34)33-15-6-9-19-41(33)50-42)49-38-17-7-4-13-31(38)35-26-43-36(25-39(35)49)32-14-5-8-18-40(32)51-43;1-2-10-24(11-3-1)32-23-39(42-40(41-32)25-18-19-37-30(20-25)27-13-5-8-16-35(27)44-37)43-33-15-7-4-12-26(33)29-22-38-31(21-34(29)43)28-14-6-9-17-36(28)45-38/h1-28H;1-27H;1-23H. The average Bonchev–Trinajstić information content (AvgIpc) is 1.54. The van der Waals surface area contributed by atoms with Gasteiger partial charge >= 0.3 is 0 Å². The van der Waals surface area contributed by atoms with E-state index in [1.165, 1.54) is 38.1 Å². The van der Waals surface area contributed by atoms with Gasteiger partial charge in [-0.15, -0.1) is 0 Å². The normalized spacial score (nSPS) is 11.9. The highest BCUT2D eigenvalue weighted by Crippen LogP contribution is 2.48. The average molecular weight is 1880 g/mol. The molecule has 0 aliphatic heterocycles. The van der Waals surface area contributed by atoms with Gasteiger partial charge in [-0.05, 0) is 145 Å². The van der Waals surface area contributed by atoms with Gasteiger partial charge in [-0.1, -0.05) is 322 Å². The maximum Gasteiger partial charge on any atom is 0.162 e. The van der Waals surface area contributed by atoms with Gasteiger partial charge < -0.3 is 26.7 Å². The van der Waals surface area contributed by atoms with Crippen molar-refractivity contribution in [1.82, 2.24) is 48.2 Å². The molecule has 0 N–H and O–H groups in total. The second-order valence-electron chi connectivity index (χ2n) is 37.4. The Bertz CT molecular complexity index is 11000. The molecule has 0 saturated heterocycles. The fourth-order valence-electron chi connectivity index (χ4n) is 22.3. The van der Waals surface area contributed by atoms with E-state index in [0.29, 0.717) is 17.5 Å². The predicted molar refractivity (Wildman–Crippen MR) is 598 cm³/mol. The summed E-state index contributed by atoms with van der Waals surface area (Å²) < 4.78 is 40.6.